The van der Waals surface area contributed by atoms with E-state index in [4.69, 9.17) is 5.11 Å². The molecule has 0 heterocycles. The molecule has 6 heteroatoms. The average molecular weight is 357 g/mol. The topological polar surface area (TPSA) is 78.4 Å². The number of carbonyl (C=O) groups is 2. The molecule has 0 aliphatic carbocycles. The number of benzene rings is 1. The molecular formula is C15H21BrN2O3. The van der Waals surface area contributed by atoms with Gasteiger partial charge in [0.1, 0.15) is 0 Å². The lowest BCUT2D eigenvalue weighted by Crippen LogP contribution is -2.36. The second kappa shape index (κ2) is 8.02. The van der Waals surface area contributed by atoms with Crippen LogP contribution in [0.15, 0.2) is 22.7 Å². The molecule has 2 amide bonds. The summed E-state index contributed by atoms with van der Waals surface area (Å²) in [4.78, 5) is 22.9. The standard InChI is InChI=1S/C15H21BrN2O3/c1-9(2)4-11(14(19)20)8-17-15(21)18-13-6-10(3)5-12(16)7-13/h5-7,9,11H,4,8H2,1-3H3,(H,19,20)(H2,17,18,21). The molecule has 0 spiro atoms. The van der Waals surface area contributed by atoms with Gasteiger partial charge in [-0.3, -0.25) is 4.79 Å². The Morgan fingerprint density at radius 3 is 2.48 bits per heavy atom. The zero-order chi connectivity index (χ0) is 16.0. The molecule has 0 fully saturated rings. The van der Waals surface area contributed by atoms with Gasteiger partial charge in [-0.25, -0.2) is 4.79 Å². The van der Waals surface area contributed by atoms with Crippen molar-refractivity contribution in [2.75, 3.05) is 11.9 Å². The molecule has 3 N–H and O–H groups in total. The normalized spacial score (nSPS) is 12.0. The lowest BCUT2D eigenvalue weighted by atomic mass is 9.97. The first-order valence-corrected chi connectivity index (χ1v) is 7.62. The summed E-state index contributed by atoms with van der Waals surface area (Å²) in [7, 11) is 0. The third kappa shape index (κ3) is 6.62. The Hall–Kier alpha value is -1.56. The van der Waals surface area contributed by atoms with Gasteiger partial charge in [-0.05, 0) is 43.0 Å². The number of aryl methyl sites for hydroxylation is 1. The number of anilines is 1. The third-order valence-corrected chi connectivity index (χ3v) is 3.37. The summed E-state index contributed by atoms with van der Waals surface area (Å²) < 4.78 is 0.876. The van der Waals surface area contributed by atoms with Gasteiger partial charge < -0.3 is 15.7 Å². The lowest BCUT2D eigenvalue weighted by molar-refractivity contribution is -0.142. The number of rotatable bonds is 6. The summed E-state index contributed by atoms with van der Waals surface area (Å²) in [5.41, 5.74) is 1.68. The molecule has 21 heavy (non-hydrogen) atoms. The number of carbonyl (C=O) groups excluding carboxylic acids is 1. The van der Waals surface area contributed by atoms with Gasteiger partial charge in [-0.1, -0.05) is 29.8 Å². The fourth-order valence-corrected chi connectivity index (χ4v) is 2.65. The van der Waals surface area contributed by atoms with Crippen LogP contribution in [0.4, 0.5) is 10.5 Å². The lowest BCUT2D eigenvalue weighted by Gasteiger charge is -2.16. The van der Waals surface area contributed by atoms with Crippen LogP contribution in [0.25, 0.3) is 0 Å². The Morgan fingerprint density at radius 1 is 1.29 bits per heavy atom. The van der Waals surface area contributed by atoms with Crippen molar-refractivity contribution in [2.45, 2.75) is 27.2 Å². The van der Waals surface area contributed by atoms with Crippen molar-refractivity contribution in [3.05, 3.63) is 28.2 Å². The maximum atomic E-state index is 11.8. The molecule has 0 aliphatic heterocycles. The number of hydrogen-bond acceptors (Lipinski definition) is 2. The van der Waals surface area contributed by atoms with Gasteiger partial charge in [0, 0.05) is 16.7 Å². The maximum absolute atomic E-state index is 11.8. The van der Waals surface area contributed by atoms with Crippen LogP contribution in [-0.2, 0) is 4.79 Å². The van der Waals surface area contributed by atoms with Gasteiger partial charge >= 0.3 is 12.0 Å². The minimum atomic E-state index is -0.887. The number of hydrogen-bond donors (Lipinski definition) is 3. The second-order valence-electron chi connectivity index (χ2n) is 5.52. The van der Waals surface area contributed by atoms with Crippen LogP contribution in [0.1, 0.15) is 25.8 Å². The van der Waals surface area contributed by atoms with E-state index in [1.165, 1.54) is 0 Å². The number of halogens is 1. The summed E-state index contributed by atoms with van der Waals surface area (Å²) in [6.45, 7) is 5.96. The highest BCUT2D eigenvalue weighted by Crippen LogP contribution is 2.19. The fraction of sp³-hybridized carbons (Fsp3) is 0.467. The molecule has 0 saturated carbocycles. The van der Waals surface area contributed by atoms with Crippen LogP contribution in [0.2, 0.25) is 0 Å². The quantitative estimate of drug-likeness (QED) is 0.728. The predicted octanol–water partition coefficient (Wildman–Crippen LogP) is 3.63. The van der Waals surface area contributed by atoms with E-state index in [0.717, 1.165) is 10.0 Å². The van der Waals surface area contributed by atoms with Gasteiger partial charge in [0.25, 0.3) is 0 Å². The largest absolute Gasteiger partial charge is 0.481 e. The van der Waals surface area contributed by atoms with Crippen LogP contribution in [-0.4, -0.2) is 23.7 Å². The van der Waals surface area contributed by atoms with E-state index in [9.17, 15) is 9.59 Å². The second-order valence-corrected chi connectivity index (χ2v) is 6.43. The molecule has 1 aromatic rings. The van der Waals surface area contributed by atoms with Crippen LogP contribution in [0, 0.1) is 18.8 Å². The van der Waals surface area contributed by atoms with Crippen molar-refractivity contribution < 1.29 is 14.7 Å². The number of amides is 2. The fourth-order valence-electron chi connectivity index (χ4n) is 2.04. The summed E-state index contributed by atoms with van der Waals surface area (Å²) in [5, 5.41) is 14.4. The molecular weight excluding hydrogens is 336 g/mol. The van der Waals surface area contributed by atoms with Gasteiger partial charge in [-0.15, -0.1) is 0 Å². The SMILES string of the molecule is Cc1cc(Br)cc(NC(=O)NCC(CC(C)C)C(=O)O)c1. The van der Waals surface area contributed by atoms with Crippen molar-refractivity contribution in [1.82, 2.24) is 5.32 Å². The molecule has 116 valence electrons. The Balaban J connectivity index is 2.54. The smallest absolute Gasteiger partial charge is 0.319 e. The molecule has 1 aromatic carbocycles. The van der Waals surface area contributed by atoms with E-state index >= 15 is 0 Å². The van der Waals surface area contributed by atoms with E-state index in [1.807, 2.05) is 32.9 Å². The highest BCUT2D eigenvalue weighted by molar-refractivity contribution is 9.10. The number of urea groups is 1. The summed E-state index contributed by atoms with van der Waals surface area (Å²) in [5.74, 6) is -1.19. The molecule has 5 nitrogen and oxygen atoms in total. The zero-order valence-electron chi connectivity index (χ0n) is 12.4. The molecule has 0 bridgehead atoms. The molecule has 0 radical (unpaired) electrons. The highest BCUT2D eigenvalue weighted by Gasteiger charge is 2.19. The minimum Gasteiger partial charge on any atom is -0.481 e. The van der Waals surface area contributed by atoms with E-state index in [2.05, 4.69) is 26.6 Å². The van der Waals surface area contributed by atoms with Crippen LogP contribution >= 0.6 is 15.9 Å². The highest BCUT2D eigenvalue weighted by atomic mass is 79.9. The van der Waals surface area contributed by atoms with Crippen LogP contribution in [0.3, 0.4) is 0 Å². The first-order valence-electron chi connectivity index (χ1n) is 6.82. The first kappa shape index (κ1) is 17.5. The van der Waals surface area contributed by atoms with Gasteiger partial charge in [0.05, 0.1) is 5.92 Å². The number of carboxylic acid groups (broad SMARTS) is 1. The van der Waals surface area contributed by atoms with Gasteiger partial charge in [0.2, 0.25) is 0 Å². The maximum Gasteiger partial charge on any atom is 0.319 e. The number of aliphatic carboxylic acids is 1. The summed E-state index contributed by atoms with van der Waals surface area (Å²) >= 11 is 3.36. The molecule has 0 aromatic heterocycles. The first-order chi connectivity index (χ1) is 9.77. The molecule has 1 atom stereocenters. The van der Waals surface area contributed by atoms with E-state index in [0.29, 0.717) is 12.1 Å². The molecule has 1 rings (SSSR count). The predicted molar refractivity (Wildman–Crippen MR) is 86.5 cm³/mol. The van der Waals surface area contributed by atoms with E-state index < -0.39 is 17.9 Å². The van der Waals surface area contributed by atoms with Crippen LogP contribution in [0.5, 0.6) is 0 Å². The number of carboxylic acids is 1. The third-order valence-electron chi connectivity index (χ3n) is 2.91. The van der Waals surface area contributed by atoms with Crippen molar-refractivity contribution in [3.8, 4) is 0 Å². The molecule has 0 saturated heterocycles. The monoisotopic (exact) mass is 356 g/mol. The molecule has 1 unspecified atom stereocenters. The Kier molecular flexibility index (Phi) is 6.68. The summed E-state index contributed by atoms with van der Waals surface area (Å²) in [6.07, 6.45) is 0.533. The molecule has 0 aliphatic rings. The Morgan fingerprint density at radius 2 is 1.95 bits per heavy atom. The van der Waals surface area contributed by atoms with Crippen molar-refractivity contribution in [1.29, 1.82) is 0 Å². The van der Waals surface area contributed by atoms with E-state index in [-0.39, 0.29) is 12.5 Å². The van der Waals surface area contributed by atoms with Crippen molar-refractivity contribution in [3.63, 3.8) is 0 Å². The van der Waals surface area contributed by atoms with Crippen molar-refractivity contribution in [2.24, 2.45) is 11.8 Å². The van der Waals surface area contributed by atoms with Gasteiger partial charge in [0.15, 0.2) is 0 Å². The summed E-state index contributed by atoms with van der Waals surface area (Å²) in [6, 6.07) is 5.16. The number of nitrogens with one attached hydrogen (secondary N) is 2. The zero-order valence-corrected chi connectivity index (χ0v) is 14.0. The average Bonchev–Trinajstić information content (AvgIpc) is 2.32. The Labute approximate surface area is 133 Å². The minimum absolute atomic E-state index is 0.117. The van der Waals surface area contributed by atoms with Crippen LogP contribution < -0.4 is 10.6 Å². The van der Waals surface area contributed by atoms with Crippen molar-refractivity contribution >= 4 is 33.6 Å². The van der Waals surface area contributed by atoms with E-state index in [1.54, 1.807) is 6.07 Å². The Bertz CT molecular complexity index is 497. The van der Waals surface area contributed by atoms with Gasteiger partial charge in [-0.2, -0.15) is 0 Å².